The van der Waals surface area contributed by atoms with Gasteiger partial charge in [0.05, 0.1) is 11.0 Å². The van der Waals surface area contributed by atoms with Gasteiger partial charge in [-0.05, 0) is 181 Å². The molecule has 0 saturated carbocycles. The number of benzene rings is 15. The molecule has 93 heavy (non-hydrogen) atoms. The molecular formula is C90H55N3. The van der Waals surface area contributed by atoms with Gasteiger partial charge < -0.3 is 14.4 Å². The Labute approximate surface area is 538 Å². The Bertz CT molecular complexity index is 5200. The molecule has 0 radical (unpaired) electrons. The molecule has 0 atom stereocenters. The average molecular weight is 1180 g/mol. The molecule has 0 fully saturated rings. The second kappa shape index (κ2) is 17.6. The third-order valence-corrected chi connectivity index (χ3v) is 22.7. The zero-order chi connectivity index (χ0) is 60.5. The van der Waals surface area contributed by atoms with Crippen molar-refractivity contribution in [3.8, 4) is 50.2 Å². The number of hydrogen-bond acceptors (Lipinski definition) is 2. The maximum atomic E-state index is 2.92. The zero-order valence-corrected chi connectivity index (χ0v) is 50.6. The van der Waals surface area contributed by atoms with Crippen LogP contribution in [0.2, 0.25) is 0 Å². The summed E-state index contributed by atoms with van der Waals surface area (Å²) in [6.07, 6.45) is 0. The van der Waals surface area contributed by atoms with Gasteiger partial charge in [0, 0.05) is 27.8 Å². The standard InChI is InChI=1S/C90H55N3/c1-2-28-58(29-3-1)91-83-52-50-59(92-87(71-38-12-4-30-61(71)62-31-5-13-39-72(62)87)79-46-20-24-56-25-21-47-80(85(56)79)88(92)73-40-14-6-32-63(73)64-33-7-15-41-74(64)88)54-69(83)70-55-60(51-53-84(70)91)93-89(75-42-16-8-34-65(75)66-35-9-17-43-76(66)89)81-48-22-26-57-27-23-49-82(86(57)81)90(93)77-44-18-10-36-67(77)68-37-11-19-45-78(68)90/h1-55H. The fourth-order valence-electron chi connectivity index (χ4n) is 19.8. The first-order valence-corrected chi connectivity index (χ1v) is 32.7. The molecule has 0 N–H and O–H groups in total. The minimum atomic E-state index is -0.824. The maximum Gasteiger partial charge on any atom is 0.119 e. The second-order valence-corrected chi connectivity index (χ2v) is 26.4. The first-order valence-electron chi connectivity index (χ1n) is 32.7. The molecule has 6 aliphatic rings. The number of rotatable bonds is 3. The molecule has 430 valence electrons. The van der Waals surface area contributed by atoms with Gasteiger partial charge in [-0.3, -0.25) is 0 Å². The summed E-state index contributed by atoms with van der Waals surface area (Å²) < 4.78 is 2.52. The molecular weight excluding hydrogens is 1120 g/mol. The summed E-state index contributed by atoms with van der Waals surface area (Å²) in [7, 11) is 0. The van der Waals surface area contributed by atoms with Crippen molar-refractivity contribution >= 4 is 54.7 Å². The lowest BCUT2D eigenvalue weighted by Crippen LogP contribution is -2.61. The van der Waals surface area contributed by atoms with E-state index in [1.54, 1.807) is 0 Å². The van der Waals surface area contributed by atoms with E-state index in [2.05, 4.69) is 348 Å². The van der Waals surface area contributed by atoms with E-state index in [0.717, 1.165) is 28.1 Å². The predicted molar refractivity (Wildman–Crippen MR) is 381 cm³/mol. The lowest BCUT2D eigenvalue weighted by atomic mass is 9.64. The quantitative estimate of drug-likeness (QED) is 0.175. The molecule has 2 aliphatic heterocycles. The van der Waals surface area contributed by atoms with E-state index in [9.17, 15) is 0 Å². The Hall–Kier alpha value is -11.8. The molecule has 3 heteroatoms. The van der Waals surface area contributed by atoms with E-state index in [0.29, 0.717) is 0 Å². The third kappa shape index (κ3) is 5.67. The Morgan fingerprint density at radius 1 is 0.183 bits per heavy atom. The number of hydrogen-bond donors (Lipinski definition) is 0. The van der Waals surface area contributed by atoms with Gasteiger partial charge in [0.25, 0.3) is 0 Å². The highest BCUT2D eigenvalue weighted by molar-refractivity contribution is 6.13. The summed E-state index contributed by atoms with van der Waals surface area (Å²) in [5.41, 5.74) is 28.0. The zero-order valence-electron chi connectivity index (χ0n) is 50.6. The van der Waals surface area contributed by atoms with E-state index in [1.807, 2.05) is 0 Å². The van der Waals surface area contributed by atoms with Crippen molar-refractivity contribution in [2.75, 3.05) is 9.80 Å². The van der Waals surface area contributed by atoms with Gasteiger partial charge in [0.1, 0.15) is 22.2 Å². The van der Waals surface area contributed by atoms with Gasteiger partial charge in [-0.15, -0.1) is 0 Å². The molecule has 0 saturated heterocycles. The van der Waals surface area contributed by atoms with Crippen molar-refractivity contribution in [2.24, 2.45) is 0 Å². The smallest absolute Gasteiger partial charge is 0.119 e. The van der Waals surface area contributed by atoms with Crippen molar-refractivity contribution < 1.29 is 0 Å². The summed E-state index contributed by atoms with van der Waals surface area (Å²) in [6.45, 7) is 0. The Morgan fingerprint density at radius 2 is 0.419 bits per heavy atom. The van der Waals surface area contributed by atoms with Crippen LogP contribution in [0.25, 0.3) is 93.5 Å². The summed E-state index contributed by atoms with van der Waals surface area (Å²) in [5.74, 6) is 0. The van der Waals surface area contributed by atoms with Crippen LogP contribution in [0.4, 0.5) is 11.4 Å². The van der Waals surface area contributed by atoms with Crippen LogP contribution in [0.1, 0.15) is 66.8 Å². The van der Waals surface area contributed by atoms with Gasteiger partial charge in [0.15, 0.2) is 0 Å². The molecule has 22 rings (SSSR count). The minimum Gasteiger partial charge on any atom is -0.335 e. The fourth-order valence-corrected chi connectivity index (χ4v) is 19.8. The topological polar surface area (TPSA) is 11.4 Å². The highest BCUT2D eigenvalue weighted by Crippen LogP contribution is 2.71. The molecule has 4 aliphatic carbocycles. The fraction of sp³-hybridized carbons (Fsp3) is 0.0444. The summed E-state index contributed by atoms with van der Waals surface area (Å²) >= 11 is 0. The van der Waals surface area contributed by atoms with Crippen LogP contribution >= 0.6 is 0 Å². The summed E-state index contributed by atoms with van der Waals surface area (Å²) in [6, 6.07) is 129. The van der Waals surface area contributed by atoms with Crippen LogP contribution < -0.4 is 9.80 Å². The van der Waals surface area contributed by atoms with E-state index in [4.69, 9.17) is 0 Å². The number of fused-ring (bicyclic) bond motifs is 27. The first-order chi connectivity index (χ1) is 46.2. The Kier molecular flexibility index (Phi) is 9.46. The monoisotopic (exact) mass is 1180 g/mol. The molecule has 16 aromatic rings. The van der Waals surface area contributed by atoms with Gasteiger partial charge >= 0.3 is 0 Å². The average Bonchev–Trinajstić information content (AvgIpc) is 1.53. The number of aromatic nitrogens is 1. The van der Waals surface area contributed by atoms with Gasteiger partial charge in [0.2, 0.25) is 0 Å². The first kappa shape index (κ1) is 50.0. The van der Waals surface area contributed by atoms with Crippen molar-refractivity contribution in [3.63, 3.8) is 0 Å². The van der Waals surface area contributed by atoms with E-state index < -0.39 is 22.2 Å². The number of anilines is 2. The molecule has 4 spiro atoms. The summed E-state index contributed by atoms with van der Waals surface area (Å²) in [4.78, 5) is 5.85. The number of nitrogens with zero attached hydrogens (tertiary/aromatic N) is 3. The summed E-state index contributed by atoms with van der Waals surface area (Å²) in [5, 5.41) is 7.47. The Balaban J connectivity index is 0.915. The van der Waals surface area contributed by atoms with Gasteiger partial charge in [-0.2, -0.15) is 0 Å². The van der Waals surface area contributed by atoms with Crippen LogP contribution in [0.3, 0.4) is 0 Å². The second-order valence-electron chi connectivity index (χ2n) is 26.4. The highest BCUT2D eigenvalue weighted by Gasteiger charge is 2.66. The van der Waals surface area contributed by atoms with Crippen molar-refractivity contribution in [2.45, 2.75) is 22.2 Å². The SMILES string of the molecule is c1ccc(-n2c3ccc(N4C5(c6ccccc6-c6ccccc65)c5cccc6cccc(c56)C45c4ccccc4-c4ccccc45)cc3c3cc(N4C5(c6ccccc6-c6ccccc65)c5cccc6cccc(c56)C45c4ccccc4-c4ccccc45)ccc32)cc1. The predicted octanol–water partition coefficient (Wildman–Crippen LogP) is 21.2. The van der Waals surface area contributed by atoms with Crippen LogP contribution in [0.15, 0.2) is 334 Å². The van der Waals surface area contributed by atoms with E-state index in [-0.39, 0.29) is 0 Å². The minimum absolute atomic E-state index is 0.824. The third-order valence-electron chi connectivity index (χ3n) is 22.7. The largest absolute Gasteiger partial charge is 0.335 e. The molecule has 0 unspecified atom stereocenters. The molecule has 0 amide bonds. The maximum absolute atomic E-state index is 2.92. The van der Waals surface area contributed by atoms with Gasteiger partial charge in [-0.25, -0.2) is 0 Å². The van der Waals surface area contributed by atoms with Crippen molar-refractivity contribution in [1.29, 1.82) is 0 Å². The number of para-hydroxylation sites is 1. The Morgan fingerprint density at radius 3 is 0.688 bits per heavy atom. The van der Waals surface area contributed by atoms with E-state index >= 15 is 0 Å². The van der Waals surface area contributed by atoms with E-state index in [1.165, 1.54) is 144 Å². The van der Waals surface area contributed by atoms with Crippen LogP contribution in [-0.4, -0.2) is 4.57 Å². The van der Waals surface area contributed by atoms with Gasteiger partial charge in [-0.1, -0.05) is 285 Å². The normalized spacial score (nSPS) is 15.8. The van der Waals surface area contributed by atoms with Crippen LogP contribution in [-0.2, 0) is 22.2 Å². The molecule has 15 aromatic carbocycles. The lowest BCUT2D eigenvalue weighted by molar-refractivity contribution is 0.444. The van der Waals surface area contributed by atoms with Crippen molar-refractivity contribution in [1.82, 2.24) is 4.57 Å². The molecule has 3 nitrogen and oxygen atoms in total. The molecule has 3 heterocycles. The van der Waals surface area contributed by atoms with Crippen LogP contribution in [0.5, 0.6) is 0 Å². The van der Waals surface area contributed by atoms with Crippen molar-refractivity contribution in [3.05, 3.63) is 400 Å². The highest BCUT2D eigenvalue weighted by atomic mass is 15.3. The lowest BCUT2D eigenvalue weighted by Gasteiger charge is -2.59. The molecule has 1 aromatic heterocycles. The molecule has 0 bridgehead atoms. The van der Waals surface area contributed by atoms with Crippen LogP contribution in [0, 0.1) is 0 Å².